The fourth-order valence-corrected chi connectivity index (χ4v) is 4.40. The summed E-state index contributed by atoms with van der Waals surface area (Å²) in [5.74, 6) is 0.985. The lowest BCUT2D eigenvalue weighted by atomic mass is 10.0. The highest BCUT2D eigenvalue weighted by atomic mass is 79.9. The molecule has 20 heavy (non-hydrogen) atoms. The first-order valence-corrected chi connectivity index (χ1v) is 9.11. The lowest BCUT2D eigenvalue weighted by Crippen LogP contribution is -2.39. The van der Waals surface area contributed by atoms with Gasteiger partial charge in [-0.1, -0.05) is 6.92 Å². The normalized spacial score (nSPS) is 20.9. The standard InChI is InChI=1S/C14H20BrNO3S/c1-3-19-14-9-12(6-7-13(14)15)20(17,18)16-8-4-5-11(2)10-16/h6-7,9,11H,3-5,8,10H2,1-2H3/t11-/m1/s1. The summed E-state index contributed by atoms with van der Waals surface area (Å²) in [6, 6.07) is 4.95. The molecule has 1 aliphatic heterocycles. The molecule has 0 unspecified atom stereocenters. The monoisotopic (exact) mass is 361 g/mol. The minimum Gasteiger partial charge on any atom is -0.493 e. The van der Waals surface area contributed by atoms with Gasteiger partial charge in [-0.05, 0) is 53.7 Å². The van der Waals surface area contributed by atoms with E-state index in [1.165, 1.54) is 0 Å². The molecule has 0 spiro atoms. The van der Waals surface area contributed by atoms with Crippen LogP contribution in [0.4, 0.5) is 0 Å². The van der Waals surface area contributed by atoms with Gasteiger partial charge >= 0.3 is 0 Å². The van der Waals surface area contributed by atoms with Gasteiger partial charge in [0.25, 0.3) is 0 Å². The van der Waals surface area contributed by atoms with Crippen LogP contribution in [-0.2, 0) is 10.0 Å². The first-order chi connectivity index (χ1) is 9.45. The Labute approximate surface area is 129 Å². The molecule has 0 aliphatic carbocycles. The molecular formula is C14H20BrNO3S. The van der Waals surface area contributed by atoms with E-state index in [9.17, 15) is 8.42 Å². The molecule has 0 aromatic heterocycles. The van der Waals surface area contributed by atoms with Crippen LogP contribution in [0.5, 0.6) is 5.75 Å². The number of hydrogen-bond acceptors (Lipinski definition) is 3. The molecule has 6 heteroatoms. The summed E-state index contributed by atoms with van der Waals surface area (Å²) in [5.41, 5.74) is 0. The second-order valence-corrected chi connectivity index (χ2v) is 7.93. The second-order valence-electron chi connectivity index (χ2n) is 5.14. The van der Waals surface area contributed by atoms with Crippen molar-refractivity contribution in [1.29, 1.82) is 0 Å². The third-order valence-corrected chi connectivity index (χ3v) is 5.98. The molecule has 2 rings (SSSR count). The van der Waals surface area contributed by atoms with Gasteiger partial charge in [-0.2, -0.15) is 4.31 Å². The maximum absolute atomic E-state index is 12.7. The molecular weight excluding hydrogens is 342 g/mol. The van der Waals surface area contributed by atoms with Crippen LogP contribution in [0.25, 0.3) is 0 Å². The number of hydrogen-bond donors (Lipinski definition) is 0. The van der Waals surface area contributed by atoms with Gasteiger partial charge in [0.05, 0.1) is 16.0 Å². The van der Waals surface area contributed by atoms with Gasteiger partial charge in [0, 0.05) is 19.2 Å². The van der Waals surface area contributed by atoms with E-state index < -0.39 is 10.0 Å². The first kappa shape index (κ1) is 15.8. The summed E-state index contributed by atoms with van der Waals surface area (Å²) in [5, 5.41) is 0. The summed E-state index contributed by atoms with van der Waals surface area (Å²) in [4.78, 5) is 0.304. The average molecular weight is 362 g/mol. The Hall–Kier alpha value is -0.590. The quantitative estimate of drug-likeness (QED) is 0.826. The summed E-state index contributed by atoms with van der Waals surface area (Å²) in [6.07, 6.45) is 2.02. The zero-order valence-corrected chi connectivity index (χ0v) is 14.2. The largest absolute Gasteiger partial charge is 0.493 e. The zero-order valence-electron chi connectivity index (χ0n) is 11.8. The number of piperidine rings is 1. The Balaban J connectivity index is 2.31. The van der Waals surface area contributed by atoms with Gasteiger partial charge in [0.1, 0.15) is 5.75 Å². The molecule has 0 radical (unpaired) electrons. The second kappa shape index (κ2) is 6.45. The summed E-state index contributed by atoms with van der Waals surface area (Å²) < 4.78 is 33.1. The van der Waals surface area contributed by atoms with Crippen LogP contribution in [0.15, 0.2) is 27.6 Å². The fourth-order valence-electron chi connectivity index (χ4n) is 2.42. The third-order valence-electron chi connectivity index (χ3n) is 3.46. The van der Waals surface area contributed by atoms with Crippen LogP contribution in [0.3, 0.4) is 0 Å². The Kier molecular flexibility index (Phi) is 5.09. The number of nitrogens with zero attached hydrogens (tertiary/aromatic N) is 1. The minimum atomic E-state index is -3.42. The molecule has 112 valence electrons. The molecule has 1 saturated heterocycles. The summed E-state index contributed by atoms with van der Waals surface area (Å²) >= 11 is 3.37. The zero-order chi connectivity index (χ0) is 14.8. The van der Waals surface area contributed by atoms with Crippen LogP contribution in [0.2, 0.25) is 0 Å². The van der Waals surface area contributed by atoms with E-state index in [1.807, 2.05) is 6.92 Å². The summed E-state index contributed by atoms with van der Waals surface area (Å²) in [6.45, 7) is 5.67. The predicted octanol–water partition coefficient (Wildman–Crippen LogP) is 3.27. The fraction of sp³-hybridized carbons (Fsp3) is 0.571. The smallest absolute Gasteiger partial charge is 0.243 e. The van der Waals surface area contributed by atoms with Crippen molar-refractivity contribution in [2.75, 3.05) is 19.7 Å². The number of benzene rings is 1. The molecule has 1 fully saturated rings. The third kappa shape index (κ3) is 3.35. The van der Waals surface area contributed by atoms with E-state index in [0.29, 0.717) is 36.3 Å². The number of rotatable bonds is 4. The highest BCUT2D eigenvalue weighted by Gasteiger charge is 2.29. The molecule has 0 N–H and O–H groups in total. The Morgan fingerprint density at radius 1 is 1.45 bits per heavy atom. The molecule has 1 aromatic rings. The van der Waals surface area contributed by atoms with Crippen molar-refractivity contribution in [1.82, 2.24) is 4.31 Å². The van der Waals surface area contributed by atoms with Crippen molar-refractivity contribution in [3.8, 4) is 5.75 Å². The average Bonchev–Trinajstić information content (AvgIpc) is 2.41. The highest BCUT2D eigenvalue weighted by Crippen LogP contribution is 2.30. The van der Waals surface area contributed by atoms with Crippen LogP contribution < -0.4 is 4.74 Å². The molecule has 0 amide bonds. The van der Waals surface area contributed by atoms with Crippen molar-refractivity contribution in [2.24, 2.45) is 5.92 Å². The van der Waals surface area contributed by atoms with E-state index in [1.54, 1.807) is 22.5 Å². The minimum absolute atomic E-state index is 0.304. The number of halogens is 1. The number of sulfonamides is 1. The lowest BCUT2D eigenvalue weighted by Gasteiger charge is -2.30. The Morgan fingerprint density at radius 3 is 2.85 bits per heavy atom. The van der Waals surface area contributed by atoms with E-state index in [2.05, 4.69) is 22.9 Å². The molecule has 1 aromatic carbocycles. The van der Waals surface area contributed by atoms with E-state index in [-0.39, 0.29) is 0 Å². The van der Waals surface area contributed by atoms with Crippen LogP contribution in [0, 0.1) is 5.92 Å². The van der Waals surface area contributed by atoms with Gasteiger partial charge in [0.15, 0.2) is 0 Å². The Bertz CT molecular complexity index is 574. The van der Waals surface area contributed by atoms with Crippen molar-refractivity contribution in [3.05, 3.63) is 22.7 Å². The maximum atomic E-state index is 12.7. The first-order valence-electron chi connectivity index (χ1n) is 6.87. The van der Waals surface area contributed by atoms with Crippen LogP contribution >= 0.6 is 15.9 Å². The SMILES string of the molecule is CCOc1cc(S(=O)(=O)N2CCC[C@@H](C)C2)ccc1Br. The van der Waals surface area contributed by atoms with Gasteiger partial charge in [-0.15, -0.1) is 0 Å². The Morgan fingerprint density at radius 2 is 2.20 bits per heavy atom. The number of ether oxygens (including phenoxy) is 1. The molecule has 1 aliphatic rings. The van der Waals surface area contributed by atoms with Crippen molar-refractivity contribution < 1.29 is 13.2 Å². The van der Waals surface area contributed by atoms with Gasteiger partial charge in [0.2, 0.25) is 10.0 Å². The van der Waals surface area contributed by atoms with Crippen molar-refractivity contribution >= 4 is 26.0 Å². The van der Waals surface area contributed by atoms with Gasteiger partial charge in [-0.3, -0.25) is 0 Å². The predicted molar refractivity (Wildman–Crippen MR) is 82.5 cm³/mol. The van der Waals surface area contributed by atoms with E-state index in [4.69, 9.17) is 4.74 Å². The van der Waals surface area contributed by atoms with E-state index >= 15 is 0 Å². The van der Waals surface area contributed by atoms with Crippen molar-refractivity contribution in [2.45, 2.75) is 31.6 Å². The molecule has 0 bridgehead atoms. The summed E-state index contributed by atoms with van der Waals surface area (Å²) in [7, 11) is -3.42. The molecule has 1 heterocycles. The van der Waals surface area contributed by atoms with Gasteiger partial charge in [-0.25, -0.2) is 8.42 Å². The van der Waals surface area contributed by atoms with E-state index in [0.717, 1.165) is 17.3 Å². The van der Waals surface area contributed by atoms with Crippen LogP contribution in [-0.4, -0.2) is 32.4 Å². The van der Waals surface area contributed by atoms with Crippen LogP contribution in [0.1, 0.15) is 26.7 Å². The van der Waals surface area contributed by atoms with Crippen molar-refractivity contribution in [3.63, 3.8) is 0 Å². The molecule has 1 atom stereocenters. The van der Waals surface area contributed by atoms with Gasteiger partial charge < -0.3 is 4.74 Å². The maximum Gasteiger partial charge on any atom is 0.243 e. The topological polar surface area (TPSA) is 46.6 Å². The molecule has 0 saturated carbocycles. The molecule has 4 nitrogen and oxygen atoms in total. The lowest BCUT2D eigenvalue weighted by molar-refractivity contribution is 0.281. The highest BCUT2D eigenvalue weighted by molar-refractivity contribution is 9.10.